The predicted molar refractivity (Wildman–Crippen MR) is 97.1 cm³/mol. The summed E-state index contributed by atoms with van der Waals surface area (Å²) in [7, 11) is 1.60. The first-order valence-corrected chi connectivity index (χ1v) is 9.02. The van der Waals surface area contributed by atoms with Gasteiger partial charge in [-0.05, 0) is 44.0 Å². The standard InChI is InChI=1S/C20H26N2O4.BrH/c1-3-26-20(24)8-6-4-5-7-19-21-13-14-22(19)15-18(23)16-9-11-17(25-2)12-10-16;/h9-14H,3-8,15H2,1-2H3;1H. The van der Waals surface area contributed by atoms with Crippen LogP contribution in [0.4, 0.5) is 0 Å². The van der Waals surface area contributed by atoms with E-state index in [-0.39, 0.29) is 28.7 Å². The normalized spacial score (nSPS) is 10.1. The molecule has 1 N–H and O–H groups in total. The Morgan fingerprint density at radius 3 is 2.52 bits per heavy atom. The van der Waals surface area contributed by atoms with Crippen LogP contribution in [0.3, 0.4) is 0 Å². The third-order valence-corrected chi connectivity index (χ3v) is 4.18. The highest BCUT2D eigenvalue weighted by atomic mass is 79.9. The van der Waals surface area contributed by atoms with Crippen LogP contribution in [-0.2, 0) is 22.5 Å². The molecule has 2 aromatic rings. The van der Waals surface area contributed by atoms with Crippen LogP contribution >= 0.6 is 0 Å². The molecule has 0 atom stereocenters. The van der Waals surface area contributed by atoms with Crippen LogP contribution < -0.4 is 26.3 Å². The molecule has 0 saturated carbocycles. The summed E-state index contributed by atoms with van der Waals surface area (Å²) in [5.74, 6) is 1.68. The van der Waals surface area contributed by atoms with Gasteiger partial charge in [-0.25, -0.2) is 9.55 Å². The summed E-state index contributed by atoms with van der Waals surface area (Å²) >= 11 is 0. The van der Waals surface area contributed by atoms with Gasteiger partial charge in [-0.1, -0.05) is 6.42 Å². The van der Waals surface area contributed by atoms with Crippen molar-refractivity contribution >= 4 is 11.8 Å². The van der Waals surface area contributed by atoms with Crippen molar-refractivity contribution < 1.29 is 40.6 Å². The number of nitrogens with one attached hydrogen (secondary N) is 1. The summed E-state index contributed by atoms with van der Waals surface area (Å²) in [6.45, 7) is 2.55. The number of carbonyl (C=O) groups excluding carboxylic acids is 2. The molecule has 0 radical (unpaired) electrons. The highest BCUT2D eigenvalue weighted by Gasteiger charge is 2.15. The van der Waals surface area contributed by atoms with E-state index >= 15 is 0 Å². The number of benzene rings is 1. The second-order valence-electron chi connectivity index (χ2n) is 6.05. The lowest BCUT2D eigenvalue weighted by Gasteiger charge is -2.04. The number of methoxy groups -OCH3 is 1. The van der Waals surface area contributed by atoms with Gasteiger partial charge in [-0.3, -0.25) is 9.59 Å². The molecule has 0 aliphatic carbocycles. The average molecular weight is 439 g/mol. The molecule has 27 heavy (non-hydrogen) atoms. The number of halogens is 1. The maximum atomic E-state index is 12.4. The number of imidazole rings is 1. The summed E-state index contributed by atoms with van der Waals surface area (Å²) in [6, 6.07) is 7.14. The van der Waals surface area contributed by atoms with Gasteiger partial charge in [-0.15, -0.1) is 0 Å². The summed E-state index contributed by atoms with van der Waals surface area (Å²) in [5.41, 5.74) is 0.667. The number of hydrogen-bond acceptors (Lipinski definition) is 4. The van der Waals surface area contributed by atoms with Crippen molar-refractivity contribution in [3.05, 3.63) is 48.0 Å². The molecule has 1 heterocycles. The second-order valence-corrected chi connectivity index (χ2v) is 6.05. The van der Waals surface area contributed by atoms with Gasteiger partial charge >= 0.3 is 5.97 Å². The van der Waals surface area contributed by atoms with Crippen LogP contribution in [0.15, 0.2) is 36.7 Å². The summed E-state index contributed by atoms with van der Waals surface area (Å²) in [6.07, 6.45) is 7.76. The SMILES string of the molecule is CCOC(=O)CCCCCc1[nH]cc[n+]1CC(=O)c1ccc(OC)cc1.[Br-]. The van der Waals surface area contributed by atoms with E-state index < -0.39 is 0 Å². The predicted octanol–water partition coefficient (Wildman–Crippen LogP) is -0.136. The largest absolute Gasteiger partial charge is 1.00 e. The van der Waals surface area contributed by atoms with Gasteiger partial charge in [0, 0.05) is 18.4 Å². The average Bonchev–Trinajstić information content (AvgIpc) is 3.08. The number of H-pyrrole nitrogens is 1. The third kappa shape index (κ3) is 7.54. The summed E-state index contributed by atoms with van der Waals surface area (Å²) < 4.78 is 12.0. The highest BCUT2D eigenvalue weighted by molar-refractivity contribution is 5.95. The lowest BCUT2D eigenvalue weighted by Crippen LogP contribution is -3.00. The zero-order valence-corrected chi connectivity index (χ0v) is 17.5. The number of ketones is 1. The highest BCUT2D eigenvalue weighted by Crippen LogP contribution is 2.12. The first kappa shape index (κ1) is 22.9. The number of nitrogens with zero attached hydrogens (tertiary/aromatic N) is 1. The fraction of sp³-hybridized carbons (Fsp3) is 0.450. The Hall–Kier alpha value is -2.15. The maximum Gasteiger partial charge on any atom is 0.305 e. The van der Waals surface area contributed by atoms with Gasteiger partial charge in [-0.2, -0.15) is 0 Å². The Balaban J connectivity index is 0.00000364. The number of aromatic nitrogens is 2. The first-order chi connectivity index (χ1) is 12.6. The van der Waals surface area contributed by atoms with E-state index in [2.05, 4.69) is 4.98 Å². The molecule has 0 spiro atoms. The molecule has 0 unspecified atom stereocenters. The van der Waals surface area contributed by atoms with Gasteiger partial charge in [0.1, 0.15) is 18.1 Å². The third-order valence-electron chi connectivity index (χ3n) is 4.18. The smallest absolute Gasteiger partial charge is 0.305 e. The lowest BCUT2D eigenvalue weighted by atomic mass is 10.1. The van der Waals surface area contributed by atoms with Crippen LogP contribution in [0.1, 0.15) is 48.8 Å². The van der Waals surface area contributed by atoms with Gasteiger partial charge in [0.2, 0.25) is 5.78 Å². The molecule has 7 heteroatoms. The van der Waals surface area contributed by atoms with Crippen LogP contribution in [-0.4, -0.2) is 30.5 Å². The number of aryl methyl sites for hydroxylation is 1. The molecule has 1 aromatic heterocycles. The van der Waals surface area contributed by atoms with E-state index in [0.29, 0.717) is 25.1 Å². The number of ether oxygens (including phenoxy) is 2. The van der Waals surface area contributed by atoms with Crippen molar-refractivity contribution in [3.63, 3.8) is 0 Å². The van der Waals surface area contributed by atoms with Crippen molar-refractivity contribution in [3.8, 4) is 5.75 Å². The summed E-state index contributed by atoms with van der Waals surface area (Å²) in [5, 5.41) is 0. The Labute approximate surface area is 170 Å². The minimum Gasteiger partial charge on any atom is -1.00 e. The van der Waals surface area contributed by atoms with E-state index in [1.165, 1.54) is 0 Å². The molecule has 6 nitrogen and oxygen atoms in total. The van der Waals surface area contributed by atoms with Crippen molar-refractivity contribution in [2.75, 3.05) is 13.7 Å². The van der Waals surface area contributed by atoms with Crippen LogP contribution in [0, 0.1) is 0 Å². The van der Waals surface area contributed by atoms with E-state index in [4.69, 9.17) is 9.47 Å². The van der Waals surface area contributed by atoms with Crippen molar-refractivity contribution in [1.82, 2.24) is 4.98 Å². The number of unbranched alkanes of at least 4 members (excludes halogenated alkanes) is 2. The minimum absolute atomic E-state index is 0. The van der Waals surface area contributed by atoms with Crippen LogP contribution in [0.25, 0.3) is 0 Å². The van der Waals surface area contributed by atoms with E-state index in [0.717, 1.165) is 37.3 Å². The number of Topliss-reactive ketones (excluding diaryl/α,β-unsaturated/α-hetero) is 1. The number of rotatable bonds is 11. The van der Waals surface area contributed by atoms with Gasteiger partial charge in [0.05, 0.1) is 13.7 Å². The Morgan fingerprint density at radius 1 is 1.11 bits per heavy atom. The second kappa shape index (κ2) is 12.3. The summed E-state index contributed by atoms with van der Waals surface area (Å²) in [4.78, 5) is 27.0. The fourth-order valence-corrected chi connectivity index (χ4v) is 2.75. The van der Waals surface area contributed by atoms with E-state index in [9.17, 15) is 9.59 Å². The Bertz CT molecular complexity index is 713. The van der Waals surface area contributed by atoms with E-state index in [1.807, 2.05) is 23.9 Å². The van der Waals surface area contributed by atoms with Crippen molar-refractivity contribution in [2.45, 2.75) is 45.6 Å². The molecule has 0 fully saturated rings. The minimum atomic E-state index is -0.132. The fourth-order valence-electron chi connectivity index (χ4n) is 2.75. The van der Waals surface area contributed by atoms with Gasteiger partial charge < -0.3 is 26.5 Å². The molecular weight excluding hydrogens is 412 g/mol. The van der Waals surface area contributed by atoms with Crippen molar-refractivity contribution in [1.29, 1.82) is 0 Å². The monoisotopic (exact) mass is 438 g/mol. The lowest BCUT2D eigenvalue weighted by molar-refractivity contribution is -0.689. The number of hydrogen-bond donors (Lipinski definition) is 1. The molecule has 2 rings (SSSR count). The van der Waals surface area contributed by atoms with Gasteiger partial charge in [0.15, 0.2) is 6.54 Å². The number of aromatic amines is 1. The zero-order valence-electron chi connectivity index (χ0n) is 15.9. The molecule has 0 aliphatic heterocycles. The quantitative estimate of drug-likeness (QED) is 0.229. The van der Waals surface area contributed by atoms with Crippen LogP contribution in [0.5, 0.6) is 5.75 Å². The molecule has 0 saturated heterocycles. The topological polar surface area (TPSA) is 72.3 Å². The molecule has 0 bridgehead atoms. The van der Waals surface area contributed by atoms with Crippen molar-refractivity contribution in [2.24, 2.45) is 0 Å². The Kier molecular flexibility index (Phi) is 10.4. The zero-order chi connectivity index (χ0) is 18.8. The molecule has 148 valence electrons. The molecule has 1 aromatic carbocycles. The van der Waals surface area contributed by atoms with E-state index in [1.54, 1.807) is 31.4 Å². The number of esters is 1. The maximum absolute atomic E-state index is 12.4. The Morgan fingerprint density at radius 2 is 1.85 bits per heavy atom. The molecule has 0 aliphatic rings. The van der Waals surface area contributed by atoms with Crippen LogP contribution in [0.2, 0.25) is 0 Å². The first-order valence-electron chi connectivity index (χ1n) is 9.02. The molecular formula is C20H27BrN2O4. The number of carbonyl (C=O) groups is 2. The van der Waals surface area contributed by atoms with Gasteiger partial charge in [0.25, 0.3) is 5.82 Å². The molecule has 0 amide bonds.